The molecule has 0 radical (unpaired) electrons. The Morgan fingerprint density at radius 3 is 2.26 bits per heavy atom. The van der Waals surface area contributed by atoms with E-state index in [2.05, 4.69) is 15.3 Å². The highest BCUT2D eigenvalue weighted by Crippen LogP contribution is 2.42. The second-order valence-corrected chi connectivity index (χ2v) is 13.6. The fourth-order valence-electron chi connectivity index (χ4n) is 7.53. The van der Waals surface area contributed by atoms with Gasteiger partial charge in [-0.25, -0.2) is 29.2 Å². The predicted octanol–water partition coefficient (Wildman–Crippen LogP) is 4.01. The highest BCUT2D eigenvalue weighted by molar-refractivity contribution is 6.23. The first-order valence-corrected chi connectivity index (χ1v) is 18.2. The molecule has 2 aliphatic heterocycles. The largest absolute Gasteiger partial charge is 0.480 e. The van der Waals surface area contributed by atoms with Crippen LogP contribution in [0.4, 0.5) is 32.7 Å². The molecule has 17 heteroatoms. The molecule has 0 bridgehead atoms. The summed E-state index contributed by atoms with van der Waals surface area (Å²) in [6.45, 7) is 7.04. The second-order valence-electron chi connectivity index (χ2n) is 13.6. The number of carboxylic acid groups (broad SMARTS) is 1. The molecular formula is C37H45N9O8. The number of furan rings is 1. The summed E-state index contributed by atoms with van der Waals surface area (Å²) < 4.78 is 5.33. The quantitative estimate of drug-likeness (QED) is 0.240. The maximum atomic E-state index is 13.9. The first-order valence-electron chi connectivity index (χ1n) is 18.2. The number of carboxylic acids is 1. The van der Waals surface area contributed by atoms with Crippen molar-refractivity contribution in [2.24, 2.45) is 0 Å². The number of aromatic nitrogens is 2. The Morgan fingerprint density at radius 1 is 0.981 bits per heavy atom. The number of hydrogen-bond donors (Lipinski definition) is 2. The van der Waals surface area contributed by atoms with E-state index in [1.165, 1.54) is 47.5 Å². The zero-order chi connectivity index (χ0) is 38.9. The first-order chi connectivity index (χ1) is 25.9. The van der Waals surface area contributed by atoms with Gasteiger partial charge in [0.1, 0.15) is 17.3 Å². The van der Waals surface area contributed by atoms with E-state index in [4.69, 9.17) is 4.42 Å². The molecule has 17 nitrogen and oxygen atoms in total. The molecule has 3 aromatic rings. The topological polar surface area (TPSA) is 193 Å². The van der Waals surface area contributed by atoms with Gasteiger partial charge in [-0.3, -0.25) is 19.3 Å². The summed E-state index contributed by atoms with van der Waals surface area (Å²) in [6.07, 6.45) is 4.88. The number of benzene rings is 1. The monoisotopic (exact) mass is 743 g/mol. The molecule has 7 amide bonds. The minimum Gasteiger partial charge on any atom is -0.480 e. The number of carbonyl (C=O) groups excluding carboxylic acids is 5. The van der Waals surface area contributed by atoms with Crippen molar-refractivity contribution in [2.75, 3.05) is 53.7 Å². The van der Waals surface area contributed by atoms with Crippen LogP contribution in [0.5, 0.6) is 0 Å². The standard InChI is InChI=1S/C37H45N9O8/c1-6-43(7-2)34-38-22-26(44(8-3)30(47)27-13-12-20-54-27)28(40-34)39-25(32(49)50)21-23-14-16-24(17-15-23)45-31(48)29(41(4)35(45)52)46-33(51)37(42(5)36(46)53)18-10-9-11-19-37/h12-17,20,22,25,29H,6-11,18-19,21H2,1-5H3,(H,49,50)(H,38,39,40)/t25?,29-/m0/s1. The normalized spacial score (nSPS) is 18.9. The summed E-state index contributed by atoms with van der Waals surface area (Å²) in [4.78, 5) is 97.4. The molecule has 2 saturated heterocycles. The van der Waals surface area contributed by atoms with E-state index in [9.17, 15) is 33.9 Å². The Kier molecular flexibility index (Phi) is 10.6. The van der Waals surface area contributed by atoms with Gasteiger partial charge in [0.15, 0.2) is 17.7 Å². The zero-order valence-electron chi connectivity index (χ0n) is 31.0. The SMILES string of the molecule is CCN(CC)c1ncc(N(CC)C(=O)c2ccco2)c(NC(Cc2ccc(N3C(=O)[C@H](N4C(=O)N(C)C5(CCCCC5)C4=O)N(C)C3=O)cc2)C(=O)O)n1. The fourth-order valence-corrected chi connectivity index (χ4v) is 7.53. The van der Waals surface area contributed by atoms with Crippen molar-refractivity contribution in [1.29, 1.82) is 0 Å². The summed E-state index contributed by atoms with van der Waals surface area (Å²) in [5.41, 5.74) is -0.0181. The van der Waals surface area contributed by atoms with Crippen LogP contribution >= 0.6 is 0 Å². The number of hydrogen-bond acceptors (Lipinski definition) is 11. The summed E-state index contributed by atoms with van der Waals surface area (Å²) in [6, 6.07) is 6.79. The van der Waals surface area contributed by atoms with Gasteiger partial charge in [-0.1, -0.05) is 31.4 Å². The van der Waals surface area contributed by atoms with Crippen molar-refractivity contribution in [2.45, 2.75) is 77.0 Å². The molecule has 1 unspecified atom stereocenters. The molecule has 6 rings (SSSR count). The number of rotatable bonds is 13. The molecule has 2 atom stereocenters. The van der Waals surface area contributed by atoms with Crippen LogP contribution in [0.1, 0.15) is 69.0 Å². The number of anilines is 4. The van der Waals surface area contributed by atoms with Crippen molar-refractivity contribution < 1.29 is 38.3 Å². The molecule has 54 heavy (non-hydrogen) atoms. The average molecular weight is 744 g/mol. The van der Waals surface area contributed by atoms with Crippen molar-refractivity contribution in [3.8, 4) is 0 Å². The van der Waals surface area contributed by atoms with Crippen LogP contribution < -0.4 is 20.0 Å². The fraction of sp³-hybridized carbons (Fsp3) is 0.459. The van der Waals surface area contributed by atoms with E-state index in [1.54, 1.807) is 32.2 Å². The lowest BCUT2D eigenvalue weighted by Gasteiger charge is -2.36. The van der Waals surface area contributed by atoms with E-state index >= 15 is 0 Å². The number of likely N-dealkylation sites (N-methyl/N-ethyl adjacent to an activating group) is 2. The molecular weight excluding hydrogens is 698 g/mol. The van der Waals surface area contributed by atoms with Crippen LogP contribution in [0.3, 0.4) is 0 Å². The maximum absolute atomic E-state index is 13.9. The first kappa shape index (κ1) is 37.7. The molecule has 2 N–H and O–H groups in total. The number of nitrogens with zero attached hydrogens (tertiary/aromatic N) is 8. The Balaban J connectivity index is 1.24. The number of urea groups is 2. The maximum Gasteiger partial charge on any atom is 0.333 e. The third-order valence-electron chi connectivity index (χ3n) is 10.6. The van der Waals surface area contributed by atoms with E-state index < -0.39 is 53.5 Å². The lowest BCUT2D eigenvalue weighted by atomic mass is 9.80. The number of aliphatic carboxylic acids is 1. The molecule has 3 fully saturated rings. The lowest BCUT2D eigenvalue weighted by Crippen LogP contribution is -2.53. The molecule has 1 aromatic carbocycles. The van der Waals surface area contributed by atoms with Crippen LogP contribution in [0.2, 0.25) is 0 Å². The molecule has 1 spiro atoms. The van der Waals surface area contributed by atoms with Crippen molar-refractivity contribution >= 4 is 58.9 Å². The van der Waals surface area contributed by atoms with Gasteiger partial charge in [-0.05, 0) is 63.4 Å². The van der Waals surface area contributed by atoms with Gasteiger partial charge in [-0.2, -0.15) is 4.98 Å². The van der Waals surface area contributed by atoms with Crippen LogP contribution in [-0.2, 0) is 20.8 Å². The van der Waals surface area contributed by atoms with E-state index in [0.717, 1.165) is 34.0 Å². The average Bonchev–Trinajstić information content (AvgIpc) is 3.83. The van der Waals surface area contributed by atoms with Crippen LogP contribution in [0, 0.1) is 0 Å². The summed E-state index contributed by atoms with van der Waals surface area (Å²) >= 11 is 0. The number of nitrogens with one attached hydrogen (secondary N) is 1. The highest BCUT2D eigenvalue weighted by Gasteiger charge is 2.62. The Hall–Kier alpha value is -6.00. The van der Waals surface area contributed by atoms with Gasteiger partial charge in [0.05, 0.1) is 18.1 Å². The molecule has 286 valence electrons. The molecule has 1 saturated carbocycles. The minimum absolute atomic E-state index is 0.0481. The highest BCUT2D eigenvalue weighted by atomic mass is 16.4. The second kappa shape index (κ2) is 15.2. The van der Waals surface area contributed by atoms with Gasteiger partial charge in [0.25, 0.3) is 17.7 Å². The molecule has 1 aliphatic carbocycles. The molecule has 4 heterocycles. The Morgan fingerprint density at radius 2 is 1.67 bits per heavy atom. The van der Waals surface area contributed by atoms with E-state index in [1.807, 2.05) is 18.7 Å². The van der Waals surface area contributed by atoms with Crippen molar-refractivity contribution in [3.05, 3.63) is 60.2 Å². The van der Waals surface area contributed by atoms with Gasteiger partial charge < -0.3 is 29.5 Å². The van der Waals surface area contributed by atoms with Crippen molar-refractivity contribution in [3.63, 3.8) is 0 Å². The lowest BCUT2D eigenvalue weighted by molar-refractivity contribution is -0.141. The summed E-state index contributed by atoms with van der Waals surface area (Å²) in [5.74, 6) is -2.28. The molecule has 2 aromatic heterocycles. The zero-order valence-corrected chi connectivity index (χ0v) is 31.0. The third-order valence-corrected chi connectivity index (χ3v) is 10.6. The van der Waals surface area contributed by atoms with Gasteiger partial charge in [-0.15, -0.1) is 0 Å². The summed E-state index contributed by atoms with van der Waals surface area (Å²) in [5, 5.41) is 13.4. The molecule has 3 aliphatic rings. The Labute approximate surface area is 312 Å². The summed E-state index contributed by atoms with van der Waals surface area (Å²) in [7, 11) is 2.95. The van der Waals surface area contributed by atoms with Gasteiger partial charge >= 0.3 is 18.0 Å². The van der Waals surface area contributed by atoms with Crippen LogP contribution in [0.15, 0.2) is 53.3 Å². The van der Waals surface area contributed by atoms with Crippen LogP contribution in [-0.4, -0.2) is 117 Å². The van der Waals surface area contributed by atoms with Crippen molar-refractivity contribution in [1.82, 2.24) is 24.7 Å². The third kappa shape index (κ3) is 6.47. The van der Waals surface area contributed by atoms with E-state index in [-0.39, 0.29) is 35.9 Å². The van der Waals surface area contributed by atoms with E-state index in [0.29, 0.717) is 37.4 Å². The minimum atomic E-state index is -1.44. The van der Waals surface area contributed by atoms with Gasteiger partial charge in [0, 0.05) is 40.2 Å². The smallest absolute Gasteiger partial charge is 0.333 e. The number of amides is 7. The number of carbonyl (C=O) groups is 6. The Bertz CT molecular complexity index is 1930. The predicted molar refractivity (Wildman–Crippen MR) is 197 cm³/mol. The van der Waals surface area contributed by atoms with Gasteiger partial charge in [0.2, 0.25) is 5.95 Å². The number of imide groups is 2. The van der Waals surface area contributed by atoms with Crippen LogP contribution in [0.25, 0.3) is 0 Å².